The molecule has 1 amide bonds. The Labute approximate surface area is 122 Å². The molecule has 1 saturated heterocycles. The van der Waals surface area contributed by atoms with Gasteiger partial charge in [-0.3, -0.25) is 4.79 Å². The Balaban J connectivity index is 1.74. The zero-order valence-corrected chi connectivity index (χ0v) is 11.7. The van der Waals surface area contributed by atoms with Gasteiger partial charge in [-0.2, -0.15) is 0 Å². The van der Waals surface area contributed by atoms with Gasteiger partial charge >= 0.3 is 5.97 Å². The van der Waals surface area contributed by atoms with Crippen LogP contribution >= 0.6 is 0 Å². The number of rotatable bonds is 6. The molecule has 0 aromatic carbocycles. The van der Waals surface area contributed by atoms with E-state index in [0.717, 1.165) is 0 Å². The topological polar surface area (TPSA) is 89.0 Å². The average Bonchev–Trinajstić information content (AvgIpc) is 2.52. The van der Waals surface area contributed by atoms with Crippen LogP contribution in [0, 0.1) is 0 Å². The van der Waals surface area contributed by atoms with E-state index in [1.807, 2.05) is 0 Å². The summed E-state index contributed by atoms with van der Waals surface area (Å²) in [5.74, 6) is -0.828. The molecule has 0 radical (unpaired) electrons. The van der Waals surface area contributed by atoms with Crippen molar-refractivity contribution >= 4 is 11.9 Å². The summed E-state index contributed by atoms with van der Waals surface area (Å²) in [5.41, 5.74) is -0.114. The van der Waals surface area contributed by atoms with Gasteiger partial charge in [0.25, 0.3) is 0 Å². The summed E-state index contributed by atoms with van der Waals surface area (Å²) in [7, 11) is 0. The van der Waals surface area contributed by atoms with E-state index in [1.54, 1.807) is 17.0 Å². The van der Waals surface area contributed by atoms with Gasteiger partial charge in [-0.05, 0) is 18.6 Å². The van der Waals surface area contributed by atoms with Crippen LogP contribution in [0.5, 0.6) is 5.75 Å². The number of hydrogen-bond acceptors (Lipinski definition) is 5. The van der Waals surface area contributed by atoms with Crippen LogP contribution in [-0.4, -0.2) is 59.8 Å². The Morgan fingerprint density at radius 3 is 2.86 bits per heavy atom. The molecule has 114 valence electrons. The summed E-state index contributed by atoms with van der Waals surface area (Å²) in [6.07, 6.45) is 2.31. The lowest BCUT2D eigenvalue weighted by Gasteiger charge is -2.26. The van der Waals surface area contributed by atoms with Crippen LogP contribution in [0.15, 0.2) is 18.3 Å². The Hall–Kier alpha value is -2.15. The zero-order chi connectivity index (χ0) is 15.1. The van der Waals surface area contributed by atoms with Crippen molar-refractivity contribution in [3.63, 3.8) is 0 Å². The molecule has 1 fully saturated rings. The molecular weight excluding hydrogens is 276 g/mol. The molecule has 1 N–H and O–H groups in total. The van der Waals surface area contributed by atoms with Gasteiger partial charge in [-0.25, -0.2) is 9.78 Å². The zero-order valence-electron chi connectivity index (χ0n) is 11.7. The second-order valence-corrected chi connectivity index (χ2v) is 4.60. The number of pyridine rings is 1. The normalized spacial score (nSPS) is 14.8. The highest BCUT2D eigenvalue weighted by Crippen LogP contribution is 2.15. The number of carbonyl (C=O) groups excluding carboxylic acids is 1. The Kier molecular flexibility index (Phi) is 5.51. The van der Waals surface area contributed by atoms with E-state index < -0.39 is 5.97 Å². The molecule has 0 spiro atoms. The second-order valence-electron chi connectivity index (χ2n) is 4.60. The number of ether oxygens (including phenoxy) is 2. The number of aromatic nitrogens is 1. The van der Waals surface area contributed by atoms with Gasteiger partial charge in [0.1, 0.15) is 0 Å². The number of amides is 1. The second kappa shape index (κ2) is 7.58. The van der Waals surface area contributed by atoms with Gasteiger partial charge in [0.15, 0.2) is 11.4 Å². The van der Waals surface area contributed by atoms with Crippen molar-refractivity contribution in [3.8, 4) is 5.75 Å². The Bertz CT molecular complexity index is 500. The third-order valence-corrected chi connectivity index (χ3v) is 3.13. The van der Waals surface area contributed by atoms with Gasteiger partial charge < -0.3 is 19.5 Å². The number of carbonyl (C=O) groups is 2. The van der Waals surface area contributed by atoms with Crippen LogP contribution in [0.25, 0.3) is 0 Å². The average molecular weight is 294 g/mol. The summed E-state index contributed by atoms with van der Waals surface area (Å²) in [5, 5.41) is 8.97. The number of carboxylic acids is 1. The molecule has 2 rings (SSSR count). The van der Waals surface area contributed by atoms with Crippen molar-refractivity contribution in [2.75, 3.05) is 32.9 Å². The third kappa shape index (κ3) is 4.42. The first-order valence-corrected chi connectivity index (χ1v) is 6.85. The standard InChI is InChI=1S/C14H18N2O5/c17-12(16-6-9-20-10-7-16)4-2-8-21-11-3-1-5-15-13(11)14(18)19/h1,3,5H,2,4,6-10H2,(H,18,19). The molecule has 0 unspecified atom stereocenters. The van der Waals surface area contributed by atoms with Gasteiger partial charge in [0.05, 0.1) is 19.8 Å². The van der Waals surface area contributed by atoms with Crippen molar-refractivity contribution in [1.29, 1.82) is 0 Å². The van der Waals surface area contributed by atoms with Gasteiger partial charge in [-0.15, -0.1) is 0 Å². The van der Waals surface area contributed by atoms with Crippen LogP contribution < -0.4 is 4.74 Å². The Morgan fingerprint density at radius 1 is 1.38 bits per heavy atom. The van der Waals surface area contributed by atoms with E-state index in [2.05, 4.69) is 4.98 Å². The summed E-state index contributed by atoms with van der Waals surface area (Å²) in [6.45, 7) is 2.71. The number of aromatic carboxylic acids is 1. The third-order valence-electron chi connectivity index (χ3n) is 3.13. The number of carboxylic acid groups (broad SMARTS) is 1. The number of morpholine rings is 1. The predicted octanol–water partition coefficient (Wildman–Crippen LogP) is 0.798. The van der Waals surface area contributed by atoms with Gasteiger partial charge in [0, 0.05) is 25.7 Å². The summed E-state index contributed by atoms with van der Waals surface area (Å²) < 4.78 is 10.6. The van der Waals surface area contributed by atoms with Crippen molar-refractivity contribution in [2.45, 2.75) is 12.8 Å². The minimum Gasteiger partial charge on any atom is -0.491 e. The largest absolute Gasteiger partial charge is 0.491 e. The monoisotopic (exact) mass is 294 g/mol. The molecule has 1 aromatic rings. The predicted molar refractivity (Wildman–Crippen MR) is 73.3 cm³/mol. The van der Waals surface area contributed by atoms with Crippen LogP contribution in [0.4, 0.5) is 0 Å². The van der Waals surface area contributed by atoms with E-state index >= 15 is 0 Å². The van der Waals surface area contributed by atoms with Crippen LogP contribution in [0.1, 0.15) is 23.3 Å². The van der Waals surface area contributed by atoms with Gasteiger partial charge in [0.2, 0.25) is 5.91 Å². The minimum absolute atomic E-state index is 0.0755. The SMILES string of the molecule is O=C(O)c1ncccc1OCCCC(=O)N1CCOCC1. The highest BCUT2D eigenvalue weighted by atomic mass is 16.5. The first-order chi connectivity index (χ1) is 10.2. The maximum atomic E-state index is 11.9. The molecule has 7 heteroatoms. The maximum absolute atomic E-state index is 11.9. The molecule has 7 nitrogen and oxygen atoms in total. The molecule has 0 bridgehead atoms. The lowest BCUT2D eigenvalue weighted by Crippen LogP contribution is -2.40. The minimum atomic E-state index is -1.13. The molecule has 0 saturated carbocycles. The smallest absolute Gasteiger partial charge is 0.358 e. The van der Waals surface area contributed by atoms with Crippen molar-refractivity contribution in [3.05, 3.63) is 24.0 Å². The van der Waals surface area contributed by atoms with E-state index in [1.165, 1.54) is 6.20 Å². The molecule has 0 aliphatic carbocycles. The summed E-state index contributed by atoms with van der Waals surface area (Å²) in [4.78, 5) is 28.4. The molecular formula is C14H18N2O5. The lowest BCUT2D eigenvalue weighted by atomic mass is 10.2. The fourth-order valence-electron chi connectivity index (χ4n) is 2.04. The van der Waals surface area contributed by atoms with E-state index in [-0.39, 0.29) is 24.0 Å². The molecule has 21 heavy (non-hydrogen) atoms. The fourth-order valence-corrected chi connectivity index (χ4v) is 2.04. The summed E-state index contributed by atoms with van der Waals surface area (Å²) in [6, 6.07) is 3.17. The molecule has 2 heterocycles. The lowest BCUT2D eigenvalue weighted by molar-refractivity contribution is -0.135. The molecule has 1 aliphatic rings. The Morgan fingerprint density at radius 2 is 2.14 bits per heavy atom. The number of hydrogen-bond donors (Lipinski definition) is 1. The fraction of sp³-hybridized carbons (Fsp3) is 0.500. The number of nitrogens with zero attached hydrogens (tertiary/aromatic N) is 2. The van der Waals surface area contributed by atoms with Crippen molar-refractivity contribution in [2.24, 2.45) is 0 Å². The molecule has 0 atom stereocenters. The van der Waals surface area contributed by atoms with E-state index in [0.29, 0.717) is 39.1 Å². The first kappa shape index (κ1) is 15.2. The highest BCUT2D eigenvalue weighted by molar-refractivity contribution is 5.88. The van der Waals surface area contributed by atoms with Crippen molar-refractivity contribution < 1.29 is 24.2 Å². The quantitative estimate of drug-likeness (QED) is 0.781. The highest BCUT2D eigenvalue weighted by Gasteiger charge is 2.16. The van der Waals surface area contributed by atoms with Crippen molar-refractivity contribution in [1.82, 2.24) is 9.88 Å². The first-order valence-electron chi connectivity index (χ1n) is 6.85. The van der Waals surface area contributed by atoms with E-state index in [4.69, 9.17) is 14.6 Å². The van der Waals surface area contributed by atoms with Crippen LogP contribution in [0.2, 0.25) is 0 Å². The van der Waals surface area contributed by atoms with Crippen LogP contribution in [0.3, 0.4) is 0 Å². The maximum Gasteiger partial charge on any atom is 0.358 e. The van der Waals surface area contributed by atoms with E-state index in [9.17, 15) is 9.59 Å². The van der Waals surface area contributed by atoms with Gasteiger partial charge in [-0.1, -0.05) is 0 Å². The molecule has 1 aliphatic heterocycles. The molecule has 1 aromatic heterocycles. The van der Waals surface area contributed by atoms with Crippen LogP contribution in [-0.2, 0) is 9.53 Å². The summed E-state index contributed by atoms with van der Waals surface area (Å²) >= 11 is 0.